The minimum atomic E-state index is -0.737. The van der Waals surface area contributed by atoms with Crippen LogP contribution >= 0.6 is 11.6 Å². The van der Waals surface area contributed by atoms with E-state index in [2.05, 4.69) is 4.90 Å². The third kappa shape index (κ3) is 3.71. The highest BCUT2D eigenvalue weighted by Crippen LogP contribution is 2.20. The van der Waals surface area contributed by atoms with Crippen molar-refractivity contribution >= 4 is 17.6 Å². The normalized spacial score (nSPS) is 18.2. The van der Waals surface area contributed by atoms with Crippen molar-refractivity contribution in [2.75, 3.05) is 13.1 Å². The molecule has 1 aromatic rings. The average Bonchev–Trinajstić information content (AvgIpc) is 2.40. The van der Waals surface area contributed by atoms with Crippen molar-refractivity contribution in [1.29, 1.82) is 0 Å². The zero-order chi connectivity index (χ0) is 13.8. The lowest BCUT2D eigenvalue weighted by atomic mass is 10.0. The first-order chi connectivity index (χ1) is 9.08. The van der Waals surface area contributed by atoms with Gasteiger partial charge in [0.2, 0.25) is 0 Å². The van der Waals surface area contributed by atoms with Crippen molar-refractivity contribution in [3.05, 3.63) is 34.3 Å². The predicted octanol–water partition coefficient (Wildman–Crippen LogP) is 3.13. The van der Waals surface area contributed by atoms with Crippen LogP contribution in [0.3, 0.4) is 0 Å². The van der Waals surface area contributed by atoms with Crippen LogP contribution in [0.4, 0.5) is 0 Å². The number of likely N-dealkylation sites (tertiary alicyclic amines) is 1. The molecule has 0 aliphatic carbocycles. The molecule has 3 nitrogen and oxygen atoms in total. The molecule has 4 heteroatoms. The van der Waals surface area contributed by atoms with Crippen LogP contribution in [0.15, 0.2) is 18.2 Å². The SMILES string of the molecule is Cc1ccc(CC(C(=O)O)N2CCCCC2)cc1Cl. The summed E-state index contributed by atoms with van der Waals surface area (Å²) < 4.78 is 0. The third-order valence-electron chi connectivity index (χ3n) is 3.78. The van der Waals surface area contributed by atoms with Gasteiger partial charge >= 0.3 is 5.97 Å². The Morgan fingerprint density at radius 3 is 2.63 bits per heavy atom. The number of nitrogens with zero attached hydrogens (tertiary/aromatic N) is 1. The van der Waals surface area contributed by atoms with Gasteiger partial charge in [0.05, 0.1) is 0 Å². The molecule has 0 amide bonds. The largest absolute Gasteiger partial charge is 0.480 e. The minimum absolute atomic E-state index is 0.431. The molecule has 0 saturated carbocycles. The Labute approximate surface area is 119 Å². The summed E-state index contributed by atoms with van der Waals surface area (Å²) in [6, 6.07) is 5.38. The van der Waals surface area contributed by atoms with Crippen LogP contribution in [-0.2, 0) is 11.2 Å². The number of carboxylic acids is 1. The zero-order valence-electron chi connectivity index (χ0n) is 11.2. The molecule has 1 aromatic carbocycles. The maximum absolute atomic E-state index is 11.5. The summed E-state index contributed by atoms with van der Waals surface area (Å²) in [5, 5.41) is 10.1. The first-order valence-electron chi connectivity index (χ1n) is 6.80. The minimum Gasteiger partial charge on any atom is -0.480 e. The average molecular weight is 282 g/mol. The highest BCUT2D eigenvalue weighted by atomic mass is 35.5. The standard InChI is InChI=1S/C15H20ClNO2/c1-11-5-6-12(9-13(11)16)10-14(15(18)19)17-7-3-2-4-8-17/h5-6,9,14H,2-4,7-8,10H2,1H3,(H,18,19). The predicted molar refractivity (Wildman–Crippen MR) is 76.7 cm³/mol. The molecule has 0 radical (unpaired) electrons. The number of aliphatic carboxylic acids is 1. The van der Waals surface area contributed by atoms with Crippen LogP contribution in [0, 0.1) is 6.92 Å². The Kier molecular flexibility index (Phi) is 4.83. The number of carboxylic acid groups (broad SMARTS) is 1. The van der Waals surface area contributed by atoms with E-state index in [1.165, 1.54) is 6.42 Å². The van der Waals surface area contributed by atoms with Crippen LogP contribution in [0.25, 0.3) is 0 Å². The van der Waals surface area contributed by atoms with E-state index in [0.29, 0.717) is 11.4 Å². The van der Waals surface area contributed by atoms with E-state index in [1.54, 1.807) is 0 Å². The molecule has 1 atom stereocenters. The number of halogens is 1. The molecule has 1 aliphatic heterocycles. The molecule has 1 aliphatic rings. The summed E-state index contributed by atoms with van der Waals surface area (Å²) in [4.78, 5) is 13.6. The van der Waals surface area contributed by atoms with Crippen molar-refractivity contribution in [2.24, 2.45) is 0 Å². The summed E-state index contributed by atoms with van der Waals surface area (Å²) in [6.07, 6.45) is 3.92. The molecule has 1 heterocycles. The van der Waals surface area contributed by atoms with Crippen LogP contribution in [0.1, 0.15) is 30.4 Å². The van der Waals surface area contributed by atoms with E-state index in [1.807, 2.05) is 25.1 Å². The van der Waals surface area contributed by atoms with Crippen LogP contribution in [-0.4, -0.2) is 35.1 Å². The maximum Gasteiger partial charge on any atom is 0.321 e. The molecular weight excluding hydrogens is 262 g/mol. The van der Waals surface area contributed by atoms with Crippen LogP contribution in [0.2, 0.25) is 5.02 Å². The second kappa shape index (κ2) is 6.40. The van der Waals surface area contributed by atoms with Gasteiger partial charge in [0, 0.05) is 5.02 Å². The molecule has 1 saturated heterocycles. The topological polar surface area (TPSA) is 40.5 Å². The first kappa shape index (κ1) is 14.4. The van der Waals surface area contributed by atoms with Gasteiger partial charge in [-0.2, -0.15) is 0 Å². The van der Waals surface area contributed by atoms with Gasteiger partial charge in [-0.05, 0) is 56.5 Å². The van der Waals surface area contributed by atoms with Crippen molar-refractivity contribution in [3.8, 4) is 0 Å². The lowest BCUT2D eigenvalue weighted by Crippen LogP contribution is -2.45. The molecule has 1 N–H and O–H groups in total. The van der Waals surface area contributed by atoms with Crippen molar-refractivity contribution in [2.45, 2.75) is 38.6 Å². The number of piperidine rings is 1. The van der Waals surface area contributed by atoms with Gasteiger partial charge in [0.15, 0.2) is 0 Å². The number of aryl methyl sites for hydroxylation is 1. The maximum atomic E-state index is 11.5. The van der Waals surface area contributed by atoms with Gasteiger partial charge in [-0.1, -0.05) is 30.2 Å². The number of benzene rings is 1. The van der Waals surface area contributed by atoms with Crippen LogP contribution < -0.4 is 0 Å². The highest BCUT2D eigenvalue weighted by Gasteiger charge is 2.26. The number of rotatable bonds is 4. The smallest absolute Gasteiger partial charge is 0.321 e. The fourth-order valence-corrected chi connectivity index (χ4v) is 2.79. The molecule has 19 heavy (non-hydrogen) atoms. The van der Waals surface area contributed by atoms with Crippen molar-refractivity contribution in [3.63, 3.8) is 0 Å². The fraction of sp³-hybridized carbons (Fsp3) is 0.533. The first-order valence-corrected chi connectivity index (χ1v) is 7.17. The van der Waals surface area contributed by atoms with Crippen molar-refractivity contribution < 1.29 is 9.90 Å². The Bertz CT molecular complexity index is 455. The monoisotopic (exact) mass is 281 g/mol. The highest BCUT2D eigenvalue weighted by molar-refractivity contribution is 6.31. The molecule has 1 fully saturated rings. The van der Waals surface area contributed by atoms with E-state index in [0.717, 1.165) is 37.1 Å². The zero-order valence-corrected chi connectivity index (χ0v) is 12.0. The molecule has 0 bridgehead atoms. The van der Waals surface area contributed by atoms with Gasteiger partial charge in [0.1, 0.15) is 6.04 Å². The van der Waals surface area contributed by atoms with E-state index < -0.39 is 12.0 Å². The lowest BCUT2D eigenvalue weighted by molar-refractivity contribution is -0.143. The van der Waals surface area contributed by atoms with E-state index in [9.17, 15) is 9.90 Å². The van der Waals surface area contributed by atoms with Gasteiger partial charge in [-0.3, -0.25) is 9.69 Å². The summed E-state index contributed by atoms with van der Waals surface area (Å²) >= 11 is 6.10. The Hall–Kier alpha value is -1.06. The summed E-state index contributed by atoms with van der Waals surface area (Å²) in [5.74, 6) is -0.737. The van der Waals surface area contributed by atoms with E-state index in [4.69, 9.17) is 11.6 Å². The lowest BCUT2D eigenvalue weighted by Gasteiger charge is -2.32. The molecule has 0 aromatic heterocycles. The molecule has 1 unspecified atom stereocenters. The van der Waals surface area contributed by atoms with E-state index in [-0.39, 0.29) is 0 Å². The Balaban J connectivity index is 2.11. The fourth-order valence-electron chi connectivity index (χ4n) is 2.59. The molecular formula is C15H20ClNO2. The second-order valence-electron chi connectivity index (χ2n) is 5.24. The van der Waals surface area contributed by atoms with Gasteiger partial charge in [0.25, 0.3) is 0 Å². The Morgan fingerprint density at radius 2 is 2.05 bits per heavy atom. The quantitative estimate of drug-likeness (QED) is 0.922. The number of hydrogen-bond acceptors (Lipinski definition) is 2. The summed E-state index contributed by atoms with van der Waals surface area (Å²) in [6.45, 7) is 3.72. The molecule has 2 rings (SSSR count). The van der Waals surface area contributed by atoms with E-state index >= 15 is 0 Å². The second-order valence-corrected chi connectivity index (χ2v) is 5.65. The molecule has 104 valence electrons. The number of carbonyl (C=O) groups is 1. The van der Waals surface area contributed by atoms with Gasteiger partial charge in [-0.15, -0.1) is 0 Å². The third-order valence-corrected chi connectivity index (χ3v) is 4.19. The summed E-state index contributed by atoms with van der Waals surface area (Å²) in [7, 11) is 0. The van der Waals surface area contributed by atoms with Crippen LogP contribution in [0.5, 0.6) is 0 Å². The summed E-state index contributed by atoms with van der Waals surface area (Å²) in [5.41, 5.74) is 2.02. The van der Waals surface area contributed by atoms with Gasteiger partial charge in [-0.25, -0.2) is 0 Å². The van der Waals surface area contributed by atoms with Gasteiger partial charge < -0.3 is 5.11 Å². The Morgan fingerprint density at radius 1 is 1.37 bits per heavy atom. The molecule has 0 spiro atoms. The number of hydrogen-bond donors (Lipinski definition) is 1. The van der Waals surface area contributed by atoms with Crippen molar-refractivity contribution in [1.82, 2.24) is 4.90 Å².